The van der Waals surface area contributed by atoms with Crippen molar-refractivity contribution in [2.75, 3.05) is 0 Å². The largest absolute Gasteiger partial charge is 0.456 e. The van der Waals surface area contributed by atoms with E-state index < -0.39 is 17.4 Å². The maximum absolute atomic E-state index is 14.6. The number of carbonyl (C=O) groups excluding carboxylic acids is 1. The van der Waals surface area contributed by atoms with Crippen molar-refractivity contribution in [1.29, 1.82) is 0 Å². The Morgan fingerprint density at radius 2 is 2.00 bits per heavy atom. The molecule has 5 nitrogen and oxygen atoms in total. The van der Waals surface area contributed by atoms with Crippen molar-refractivity contribution in [2.45, 2.75) is 32.9 Å². The van der Waals surface area contributed by atoms with Crippen LogP contribution in [0.1, 0.15) is 36.7 Å². The number of pyridine rings is 1. The summed E-state index contributed by atoms with van der Waals surface area (Å²) in [7, 11) is 0. The van der Waals surface area contributed by atoms with Crippen molar-refractivity contribution < 1.29 is 13.9 Å². The fourth-order valence-corrected chi connectivity index (χ4v) is 2.94. The molecule has 3 rings (SSSR count). The molecule has 1 aromatic carbocycles. The van der Waals surface area contributed by atoms with Crippen molar-refractivity contribution in [3.05, 3.63) is 70.5 Å². The maximum Gasteiger partial charge on any atom is 0.338 e. The van der Waals surface area contributed by atoms with Crippen molar-refractivity contribution in [3.63, 3.8) is 0 Å². The Labute approximate surface area is 165 Å². The van der Waals surface area contributed by atoms with Crippen LogP contribution in [0.4, 0.5) is 4.39 Å². The third kappa shape index (κ3) is 5.01. The van der Waals surface area contributed by atoms with Gasteiger partial charge in [0.25, 0.3) is 0 Å². The van der Waals surface area contributed by atoms with E-state index in [9.17, 15) is 9.18 Å². The highest BCUT2D eigenvalue weighted by molar-refractivity contribution is 9.10. The Morgan fingerprint density at radius 3 is 2.67 bits per heavy atom. The van der Waals surface area contributed by atoms with Gasteiger partial charge in [0.15, 0.2) is 0 Å². The van der Waals surface area contributed by atoms with Gasteiger partial charge < -0.3 is 4.74 Å². The number of ether oxygens (including phenoxy) is 1. The SMILES string of the molecule is CC(C)(C)OC(=O)c1ccc(-c2cnn(Cc3cncc(Br)c3)c2)c(F)c1. The zero-order valence-corrected chi connectivity index (χ0v) is 16.8. The van der Waals surface area contributed by atoms with Gasteiger partial charge in [-0.25, -0.2) is 9.18 Å². The highest BCUT2D eigenvalue weighted by Crippen LogP contribution is 2.24. The predicted molar refractivity (Wildman–Crippen MR) is 104 cm³/mol. The Balaban J connectivity index is 1.79. The van der Waals surface area contributed by atoms with E-state index in [1.165, 1.54) is 6.07 Å². The molecule has 3 aromatic rings. The number of hydrogen-bond acceptors (Lipinski definition) is 4. The van der Waals surface area contributed by atoms with Crippen LogP contribution < -0.4 is 0 Å². The van der Waals surface area contributed by atoms with Crippen LogP contribution in [0, 0.1) is 5.82 Å². The van der Waals surface area contributed by atoms with E-state index in [1.54, 1.807) is 62.4 Å². The Kier molecular flexibility index (Phi) is 5.41. The van der Waals surface area contributed by atoms with Gasteiger partial charge in [0.1, 0.15) is 11.4 Å². The molecule has 0 unspecified atom stereocenters. The van der Waals surface area contributed by atoms with Crippen molar-refractivity contribution in [3.8, 4) is 11.1 Å². The molecule has 0 N–H and O–H groups in total. The van der Waals surface area contributed by atoms with Crippen LogP contribution in [-0.4, -0.2) is 26.3 Å². The summed E-state index contributed by atoms with van der Waals surface area (Å²) < 4.78 is 22.4. The van der Waals surface area contributed by atoms with Gasteiger partial charge in [-0.15, -0.1) is 0 Å². The average molecular weight is 432 g/mol. The van der Waals surface area contributed by atoms with E-state index in [-0.39, 0.29) is 5.56 Å². The first-order valence-corrected chi connectivity index (χ1v) is 9.16. The second kappa shape index (κ2) is 7.60. The monoisotopic (exact) mass is 431 g/mol. The van der Waals surface area contributed by atoms with Gasteiger partial charge in [0.2, 0.25) is 0 Å². The number of benzene rings is 1. The molecule has 0 bridgehead atoms. The summed E-state index contributed by atoms with van der Waals surface area (Å²) in [6.07, 6.45) is 6.81. The topological polar surface area (TPSA) is 57.0 Å². The summed E-state index contributed by atoms with van der Waals surface area (Å²) in [6, 6.07) is 6.27. The quantitative estimate of drug-likeness (QED) is 0.553. The van der Waals surface area contributed by atoms with Crippen molar-refractivity contribution >= 4 is 21.9 Å². The second-order valence-corrected chi connectivity index (χ2v) is 8.05. The van der Waals surface area contributed by atoms with Crippen LogP contribution in [0.25, 0.3) is 11.1 Å². The molecule has 0 fully saturated rings. The lowest BCUT2D eigenvalue weighted by Gasteiger charge is -2.19. The fourth-order valence-electron chi connectivity index (χ4n) is 2.53. The summed E-state index contributed by atoms with van der Waals surface area (Å²) in [5, 5.41) is 4.28. The molecule has 140 valence electrons. The van der Waals surface area contributed by atoms with Crippen molar-refractivity contribution in [2.24, 2.45) is 0 Å². The third-order valence-corrected chi connectivity index (χ3v) is 4.09. The minimum atomic E-state index is -0.630. The van der Waals surface area contributed by atoms with Crippen LogP contribution in [0.15, 0.2) is 53.5 Å². The molecule has 0 aliphatic rings. The van der Waals surface area contributed by atoms with E-state index in [0.717, 1.165) is 10.0 Å². The van der Waals surface area contributed by atoms with Gasteiger partial charge in [0.05, 0.1) is 18.3 Å². The predicted octanol–water partition coefficient (Wildman–Crippen LogP) is 4.85. The molecule has 7 heteroatoms. The minimum absolute atomic E-state index is 0.179. The van der Waals surface area contributed by atoms with E-state index in [0.29, 0.717) is 17.7 Å². The first kappa shape index (κ1) is 19.2. The van der Waals surface area contributed by atoms with E-state index in [2.05, 4.69) is 26.0 Å². The van der Waals surface area contributed by atoms with Gasteiger partial charge in [-0.3, -0.25) is 9.67 Å². The van der Waals surface area contributed by atoms with E-state index in [4.69, 9.17) is 4.74 Å². The lowest BCUT2D eigenvalue weighted by atomic mass is 10.1. The van der Waals surface area contributed by atoms with Gasteiger partial charge >= 0.3 is 5.97 Å². The molecule has 0 spiro atoms. The number of hydrogen-bond donors (Lipinski definition) is 0. The number of nitrogens with zero attached hydrogens (tertiary/aromatic N) is 3. The zero-order chi connectivity index (χ0) is 19.6. The molecular formula is C20H19BrFN3O2. The lowest BCUT2D eigenvalue weighted by molar-refractivity contribution is 0.00690. The maximum atomic E-state index is 14.6. The second-order valence-electron chi connectivity index (χ2n) is 7.13. The summed E-state index contributed by atoms with van der Waals surface area (Å²) >= 11 is 3.38. The molecule has 0 radical (unpaired) electrons. The molecule has 0 atom stereocenters. The normalized spacial score (nSPS) is 11.4. The molecule has 2 aromatic heterocycles. The van der Waals surface area contributed by atoms with Crippen molar-refractivity contribution in [1.82, 2.24) is 14.8 Å². The van der Waals surface area contributed by atoms with Crippen LogP contribution in [0.5, 0.6) is 0 Å². The zero-order valence-electron chi connectivity index (χ0n) is 15.2. The van der Waals surface area contributed by atoms with Gasteiger partial charge in [0, 0.05) is 34.2 Å². The number of aromatic nitrogens is 3. The summed E-state index contributed by atoms with van der Waals surface area (Å²) in [4.78, 5) is 16.2. The highest BCUT2D eigenvalue weighted by Gasteiger charge is 2.19. The van der Waals surface area contributed by atoms with Gasteiger partial charge in [-0.05, 0) is 60.5 Å². The average Bonchev–Trinajstić information content (AvgIpc) is 3.01. The summed E-state index contributed by atoms with van der Waals surface area (Å²) in [5.41, 5.74) is 1.53. The fraction of sp³-hybridized carbons (Fsp3) is 0.250. The Morgan fingerprint density at radius 1 is 1.22 bits per heavy atom. The third-order valence-electron chi connectivity index (χ3n) is 3.65. The first-order valence-electron chi connectivity index (χ1n) is 8.36. The highest BCUT2D eigenvalue weighted by atomic mass is 79.9. The molecule has 0 aliphatic carbocycles. The molecule has 0 amide bonds. The molecule has 0 saturated heterocycles. The Hall–Kier alpha value is -2.54. The summed E-state index contributed by atoms with van der Waals surface area (Å²) in [5.74, 6) is -1.05. The molecule has 0 saturated carbocycles. The van der Waals surface area contributed by atoms with E-state index in [1.807, 2.05) is 6.07 Å². The van der Waals surface area contributed by atoms with Crippen LogP contribution in [0.3, 0.4) is 0 Å². The number of rotatable bonds is 4. The smallest absolute Gasteiger partial charge is 0.338 e. The summed E-state index contributed by atoms with van der Waals surface area (Å²) in [6.45, 7) is 5.82. The molecule has 27 heavy (non-hydrogen) atoms. The first-order chi connectivity index (χ1) is 12.7. The molecular weight excluding hydrogens is 413 g/mol. The Bertz CT molecular complexity index is 979. The minimum Gasteiger partial charge on any atom is -0.456 e. The van der Waals surface area contributed by atoms with Gasteiger partial charge in [-0.1, -0.05) is 6.07 Å². The van der Waals surface area contributed by atoms with Gasteiger partial charge in [-0.2, -0.15) is 5.10 Å². The van der Waals surface area contributed by atoms with Crippen LogP contribution >= 0.6 is 15.9 Å². The number of halogens is 2. The molecule has 2 heterocycles. The number of carbonyl (C=O) groups is 1. The lowest BCUT2D eigenvalue weighted by Crippen LogP contribution is -2.23. The van der Waals surface area contributed by atoms with Crippen LogP contribution in [0.2, 0.25) is 0 Å². The number of esters is 1. The standard InChI is InChI=1S/C20H19BrFN3O2/c1-20(2,3)27-19(26)14-4-5-17(18(22)7-14)15-9-24-25(12-15)11-13-6-16(21)10-23-8-13/h4-10,12H,11H2,1-3H3. The van der Waals surface area contributed by atoms with E-state index >= 15 is 0 Å². The van der Waals surface area contributed by atoms with Crippen LogP contribution in [-0.2, 0) is 11.3 Å². The molecule has 0 aliphatic heterocycles.